The first kappa shape index (κ1) is 20.3. The first-order valence-electron chi connectivity index (χ1n) is 9.07. The van der Waals surface area contributed by atoms with Gasteiger partial charge in [-0.05, 0) is 29.8 Å². The average molecular weight is 404 g/mol. The number of benzene rings is 2. The van der Waals surface area contributed by atoms with Crippen LogP contribution in [0.5, 0.6) is 5.75 Å². The number of para-hydroxylation sites is 2. The van der Waals surface area contributed by atoms with Crippen LogP contribution in [0, 0.1) is 0 Å². The van der Waals surface area contributed by atoms with Crippen LogP contribution in [0.4, 0.5) is 5.69 Å². The van der Waals surface area contributed by atoms with Gasteiger partial charge in [0.25, 0.3) is 5.91 Å². The molecule has 0 spiro atoms. The number of rotatable bonds is 6. The minimum absolute atomic E-state index is 0.196. The van der Waals surface area contributed by atoms with Crippen LogP contribution in [0.2, 0.25) is 0 Å². The molecule has 1 aliphatic rings. The van der Waals surface area contributed by atoms with Gasteiger partial charge < -0.3 is 10.1 Å². The van der Waals surface area contributed by atoms with E-state index in [-0.39, 0.29) is 5.91 Å². The van der Waals surface area contributed by atoms with E-state index in [1.165, 1.54) is 10.6 Å². The summed E-state index contributed by atoms with van der Waals surface area (Å²) in [6.07, 6.45) is 1.25. The van der Waals surface area contributed by atoms with Gasteiger partial charge in [-0.25, -0.2) is 8.42 Å². The third-order valence-corrected chi connectivity index (χ3v) is 6.08. The Morgan fingerprint density at radius 1 is 1.04 bits per heavy atom. The summed E-state index contributed by atoms with van der Waals surface area (Å²) in [4.78, 5) is 14.7. The molecular weight excluding hydrogens is 378 g/mol. The largest absolute Gasteiger partial charge is 0.495 e. The summed E-state index contributed by atoms with van der Waals surface area (Å²) in [5.74, 6) is 0.415. The zero-order chi connectivity index (χ0) is 20.1. The Balaban J connectivity index is 1.57. The number of methoxy groups -OCH3 is 1. The summed E-state index contributed by atoms with van der Waals surface area (Å²) in [5.41, 5.74) is 2.28. The van der Waals surface area contributed by atoms with Crippen molar-refractivity contribution in [2.75, 3.05) is 44.9 Å². The predicted octanol–water partition coefficient (Wildman–Crippen LogP) is 2.02. The zero-order valence-electron chi connectivity index (χ0n) is 16.1. The highest BCUT2D eigenvalue weighted by Crippen LogP contribution is 2.23. The smallest absolute Gasteiger partial charge is 0.255 e. The molecule has 2 aromatic rings. The summed E-state index contributed by atoms with van der Waals surface area (Å²) < 4.78 is 29.9. The molecule has 1 aliphatic heterocycles. The number of hydrogen-bond acceptors (Lipinski definition) is 5. The Hall–Kier alpha value is -2.42. The van der Waals surface area contributed by atoms with Crippen molar-refractivity contribution in [2.24, 2.45) is 0 Å². The van der Waals surface area contributed by atoms with Gasteiger partial charge in [-0.15, -0.1) is 0 Å². The molecular formula is C20H25N3O4S. The molecule has 1 N–H and O–H groups in total. The van der Waals surface area contributed by atoms with Crippen molar-refractivity contribution >= 4 is 21.6 Å². The average Bonchev–Trinajstić information content (AvgIpc) is 2.68. The molecule has 0 saturated carbocycles. The van der Waals surface area contributed by atoms with Gasteiger partial charge in [0, 0.05) is 38.3 Å². The van der Waals surface area contributed by atoms with Crippen molar-refractivity contribution in [3.63, 3.8) is 0 Å². The second-order valence-electron chi connectivity index (χ2n) is 6.79. The zero-order valence-corrected chi connectivity index (χ0v) is 16.9. The number of hydrogen-bond donors (Lipinski definition) is 1. The van der Waals surface area contributed by atoms with Crippen LogP contribution in [0.15, 0.2) is 48.5 Å². The summed E-state index contributed by atoms with van der Waals surface area (Å²) in [6, 6.07) is 14.7. The number of sulfonamides is 1. The van der Waals surface area contributed by atoms with Gasteiger partial charge in [-0.2, -0.15) is 4.31 Å². The first-order valence-corrected chi connectivity index (χ1v) is 10.9. The van der Waals surface area contributed by atoms with Crippen LogP contribution in [0.25, 0.3) is 0 Å². The van der Waals surface area contributed by atoms with Crippen molar-refractivity contribution in [3.05, 3.63) is 59.7 Å². The minimum Gasteiger partial charge on any atom is -0.495 e. The second kappa shape index (κ2) is 8.72. The van der Waals surface area contributed by atoms with E-state index in [1.807, 2.05) is 24.3 Å². The van der Waals surface area contributed by atoms with Crippen molar-refractivity contribution in [2.45, 2.75) is 6.54 Å². The monoisotopic (exact) mass is 403 g/mol. The molecule has 1 saturated heterocycles. The molecule has 1 heterocycles. The number of ether oxygens (including phenoxy) is 1. The molecule has 0 atom stereocenters. The summed E-state index contributed by atoms with van der Waals surface area (Å²) in [7, 11) is -1.55. The van der Waals surface area contributed by atoms with E-state index in [0.29, 0.717) is 43.2 Å². The van der Waals surface area contributed by atoms with Crippen LogP contribution in [0.3, 0.4) is 0 Å². The summed E-state index contributed by atoms with van der Waals surface area (Å²) >= 11 is 0. The summed E-state index contributed by atoms with van der Waals surface area (Å²) in [6.45, 7) is 3.15. The van der Waals surface area contributed by atoms with Crippen LogP contribution in [-0.4, -0.2) is 63.1 Å². The maximum absolute atomic E-state index is 12.5. The lowest BCUT2D eigenvalue weighted by Crippen LogP contribution is -2.47. The molecule has 1 amide bonds. The maximum Gasteiger partial charge on any atom is 0.255 e. The Morgan fingerprint density at radius 3 is 2.29 bits per heavy atom. The summed E-state index contributed by atoms with van der Waals surface area (Å²) in [5, 5.41) is 2.86. The van der Waals surface area contributed by atoms with E-state index >= 15 is 0 Å². The van der Waals surface area contributed by atoms with E-state index in [4.69, 9.17) is 4.74 Å². The molecule has 8 heteroatoms. The third kappa shape index (κ3) is 5.09. The van der Waals surface area contributed by atoms with Gasteiger partial charge in [-0.1, -0.05) is 24.3 Å². The number of anilines is 1. The molecule has 0 bridgehead atoms. The van der Waals surface area contributed by atoms with E-state index in [1.54, 1.807) is 31.4 Å². The number of nitrogens with zero attached hydrogens (tertiary/aromatic N) is 2. The van der Waals surface area contributed by atoms with Crippen LogP contribution in [0.1, 0.15) is 15.9 Å². The van der Waals surface area contributed by atoms with Gasteiger partial charge in [0.2, 0.25) is 10.0 Å². The molecule has 2 aromatic carbocycles. The molecule has 1 fully saturated rings. The Labute approximate surface area is 166 Å². The van der Waals surface area contributed by atoms with E-state index in [9.17, 15) is 13.2 Å². The SMILES string of the molecule is COc1ccccc1NC(=O)c1ccc(CN2CCN(S(C)(=O)=O)CC2)cc1. The second-order valence-corrected chi connectivity index (χ2v) is 8.77. The van der Waals surface area contributed by atoms with Gasteiger partial charge in [-0.3, -0.25) is 9.69 Å². The molecule has 28 heavy (non-hydrogen) atoms. The Morgan fingerprint density at radius 2 is 1.68 bits per heavy atom. The third-order valence-electron chi connectivity index (χ3n) is 4.78. The molecule has 3 rings (SSSR count). The topological polar surface area (TPSA) is 79.0 Å². The molecule has 150 valence electrons. The fourth-order valence-corrected chi connectivity index (χ4v) is 4.01. The van der Waals surface area contributed by atoms with Crippen LogP contribution < -0.4 is 10.1 Å². The number of nitrogens with one attached hydrogen (secondary N) is 1. The van der Waals surface area contributed by atoms with E-state index < -0.39 is 10.0 Å². The van der Waals surface area contributed by atoms with E-state index in [2.05, 4.69) is 10.2 Å². The highest BCUT2D eigenvalue weighted by atomic mass is 32.2. The molecule has 0 aliphatic carbocycles. The lowest BCUT2D eigenvalue weighted by Gasteiger charge is -2.33. The van der Waals surface area contributed by atoms with Crippen LogP contribution >= 0.6 is 0 Å². The molecule has 0 radical (unpaired) electrons. The van der Waals surface area contributed by atoms with Crippen LogP contribution in [-0.2, 0) is 16.6 Å². The predicted molar refractivity (Wildman–Crippen MR) is 109 cm³/mol. The Kier molecular flexibility index (Phi) is 6.33. The van der Waals surface area contributed by atoms with Gasteiger partial charge >= 0.3 is 0 Å². The van der Waals surface area contributed by atoms with Crippen molar-refractivity contribution in [1.82, 2.24) is 9.21 Å². The highest BCUT2D eigenvalue weighted by molar-refractivity contribution is 7.88. The maximum atomic E-state index is 12.5. The lowest BCUT2D eigenvalue weighted by atomic mass is 10.1. The quantitative estimate of drug-likeness (QED) is 0.798. The van der Waals surface area contributed by atoms with Gasteiger partial charge in [0.05, 0.1) is 19.1 Å². The molecule has 7 nitrogen and oxygen atoms in total. The Bertz CT molecular complexity index is 921. The van der Waals surface area contributed by atoms with Crippen molar-refractivity contribution in [3.8, 4) is 5.75 Å². The number of carbonyl (C=O) groups is 1. The fraction of sp³-hybridized carbons (Fsp3) is 0.350. The first-order chi connectivity index (χ1) is 13.4. The number of carbonyl (C=O) groups excluding carboxylic acids is 1. The van der Waals surface area contributed by atoms with Gasteiger partial charge in [0.1, 0.15) is 5.75 Å². The minimum atomic E-state index is -3.11. The number of piperazine rings is 1. The van der Waals surface area contributed by atoms with Gasteiger partial charge in [0.15, 0.2) is 0 Å². The van der Waals surface area contributed by atoms with Crippen molar-refractivity contribution < 1.29 is 17.9 Å². The standard InChI is InChI=1S/C20H25N3O4S/c1-27-19-6-4-3-5-18(19)21-20(24)17-9-7-16(8-10-17)15-22-11-13-23(14-12-22)28(2,25)26/h3-10H,11-15H2,1-2H3,(H,21,24). The molecule has 0 aromatic heterocycles. The van der Waals surface area contributed by atoms with Crippen molar-refractivity contribution in [1.29, 1.82) is 0 Å². The fourth-order valence-electron chi connectivity index (χ4n) is 3.18. The number of amides is 1. The van der Waals surface area contributed by atoms with E-state index in [0.717, 1.165) is 12.1 Å². The highest BCUT2D eigenvalue weighted by Gasteiger charge is 2.23. The molecule has 0 unspecified atom stereocenters. The normalized spacial score (nSPS) is 15.9. The lowest BCUT2D eigenvalue weighted by molar-refractivity contribution is 0.102.